The van der Waals surface area contributed by atoms with Crippen LogP contribution >= 0.6 is 0 Å². The number of urea groups is 1. The van der Waals surface area contributed by atoms with E-state index in [1.807, 2.05) is 37.3 Å². The van der Waals surface area contributed by atoms with Gasteiger partial charge in [0.05, 0.1) is 6.67 Å². The van der Waals surface area contributed by atoms with Crippen molar-refractivity contribution in [2.75, 3.05) is 6.67 Å². The molecule has 0 saturated carbocycles. The standard InChI is InChI=1S/C14H19N3O2/c1-10(11-7-5-4-6-8-11)15-9-17-12(18)14(2,3)16-13(17)19/h4-8,10,15H,9H2,1-3H3,(H,16,19). The summed E-state index contributed by atoms with van der Waals surface area (Å²) in [5.41, 5.74) is 0.309. The lowest BCUT2D eigenvalue weighted by molar-refractivity contribution is -0.130. The molecule has 0 aliphatic carbocycles. The lowest BCUT2D eigenvalue weighted by Gasteiger charge is -2.20. The number of rotatable bonds is 4. The van der Waals surface area contributed by atoms with Gasteiger partial charge in [0.1, 0.15) is 5.54 Å². The molecule has 1 unspecified atom stereocenters. The third kappa shape index (κ3) is 2.76. The van der Waals surface area contributed by atoms with Gasteiger partial charge in [0.2, 0.25) is 0 Å². The number of nitrogens with zero attached hydrogens (tertiary/aromatic N) is 1. The number of carbonyl (C=O) groups excluding carboxylic acids is 2. The van der Waals surface area contributed by atoms with Gasteiger partial charge in [0.15, 0.2) is 0 Å². The Bertz CT molecular complexity index is 485. The van der Waals surface area contributed by atoms with E-state index in [2.05, 4.69) is 10.6 Å². The predicted octanol–water partition coefficient (Wildman–Crippen LogP) is 1.63. The molecule has 1 saturated heterocycles. The molecule has 1 aromatic carbocycles. The van der Waals surface area contributed by atoms with Crippen molar-refractivity contribution in [1.82, 2.24) is 15.5 Å². The average Bonchev–Trinajstić information content (AvgIpc) is 2.57. The number of carbonyl (C=O) groups is 2. The van der Waals surface area contributed by atoms with Crippen molar-refractivity contribution in [3.63, 3.8) is 0 Å². The van der Waals surface area contributed by atoms with Gasteiger partial charge in [-0.15, -0.1) is 0 Å². The van der Waals surface area contributed by atoms with Crippen LogP contribution in [0.25, 0.3) is 0 Å². The van der Waals surface area contributed by atoms with Gasteiger partial charge >= 0.3 is 6.03 Å². The maximum absolute atomic E-state index is 12.0. The molecule has 1 heterocycles. The highest BCUT2D eigenvalue weighted by Gasteiger charge is 2.43. The third-order valence-corrected chi connectivity index (χ3v) is 3.30. The smallest absolute Gasteiger partial charge is 0.324 e. The van der Waals surface area contributed by atoms with Crippen molar-refractivity contribution in [2.24, 2.45) is 0 Å². The Kier molecular flexibility index (Phi) is 3.57. The van der Waals surface area contributed by atoms with E-state index in [1.165, 1.54) is 4.90 Å². The quantitative estimate of drug-likeness (QED) is 0.810. The molecule has 0 bridgehead atoms. The molecule has 0 spiro atoms. The maximum Gasteiger partial charge on any atom is 0.326 e. The summed E-state index contributed by atoms with van der Waals surface area (Å²) < 4.78 is 0. The highest BCUT2D eigenvalue weighted by atomic mass is 16.2. The maximum atomic E-state index is 12.0. The van der Waals surface area contributed by atoms with Crippen LogP contribution < -0.4 is 10.6 Å². The third-order valence-electron chi connectivity index (χ3n) is 3.30. The van der Waals surface area contributed by atoms with E-state index in [4.69, 9.17) is 0 Å². The normalized spacial score (nSPS) is 19.4. The van der Waals surface area contributed by atoms with Gasteiger partial charge in [-0.25, -0.2) is 9.69 Å². The Hall–Kier alpha value is -1.88. The zero-order valence-electron chi connectivity index (χ0n) is 11.4. The summed E-state index contributed by atoms with van der Waals surface area (Å²) in [6, 6.07) is 9.62. The molecule has 1 aliphatic heterocycles. The van der Waals surface area contributed by atoms with Crippen LogP contribution in [0.2, 0.25) is 0 Å². The number of hydrogen-bond donors (Lipinski definition) is 2. The van der Waals surface area contributed by atoms with Crippen molar-refractivity contribution in [3.8, 4) is 0 Å². The predicted molar refractivity (Wildman–Crippen MR) is 72.3 cm³/mol. The van der Waals surface area contributed by atoms with E-state index in [0.717, 1.165) is 5.56 Å². The Morgan fingerprint density at radius 1 is 1.26 bits per heavy atom. The molecule has 1 aliphatic rings. The Balaban J connectivity index is 1.96. The van der Waals surface area contributed by atoms with E-state index < -0.39 is 5.54 Å². The summed E-state index contributed by atoms with van der Waals surface area (Å²) in [6.45, 7) is 5.62. The van der Waals surface area contributed by atoms with Crippen LogP contribution in [0, 0.1) is 0 Å². The molecule has 0 radical (unpaired) electrons. The molecular weight excluding hydrogens is 242 g/mol. The van der Waals surface area contributed by atoms with Crippen LogP contribution in [0.1, 0.15) is 32.4 Å². The van der Waals surface area contributed by atoms with E-state index >= 15 is 0 Å². The average molecular weight is 261 g/mol. The van der Waals surface area contributed by atoms with Crippen LogP contribution in [-0.2, 0) is 4.79 Å². The van der Waals surface area contributed by atoms with Crippen molar-refractivity contribution in [1.29, 1.82) is 0 Å². The summed E-state index contributed by atoms with van der Waals surface area (Å²) in [5.74, 6) is -0.203. The number of hydrogen-bond acceptors (Lipinski definition) is 3. The molecule has 3 amide bonds. The summed E-state index contributed by atoms with van der Waals surface area (Å²) in [4.78, 5) is 24.9. The Morgan fingerprint density at radius 3 is 2.42 bits per heavy atom. The molecule has 102 valence electrons. The highest BCUT2D eigenvalue weighted by Crippen LogP contribution is 2.17. The first-order valence-electron chi connectivity index (χ1n) is 6.34. The number of imide groups is 1. The summed E-state index contributed by atoms with van der Waals surface area (Å²) in [5, 5.41) is 5.84. The summed E-state index contributed by atoms with van der Waals surface area (Å²) >= 11 is 0. The van der Waals surface area contributed by atoms with Crippen LogP contribution in [-0.4, -0.2) is 29.0 Å². The first-order valence-corrected chi connectivity index (χ1v) is 6.34. The monoisotopic (exact) mass is 261 g/mol. The number of amides is 3. The molecule has 5 heteroatoms. The van der Waals surface area contributed by atoms with Crippen LogP contribution in [0.15, 0.2) is 30.3 Å². The second-order valence-corrected chi connectivity index (χ2v) is 5.28. The number of nitrogens with one attached hydrogen (secondary N) is 2. The molecular formula is C14H19N3O2. The first kappa shape index (κ1) is 13.5. The van der Waals surface area contributed by atoms with Crippen LogP contribution in [0.5, 0.6) is 0 Å². The molecule has 1 aromatic rings. The fourth-order valence-corrected chi connectivity index (χ4v) is 2.05. The van der Waals surface area contributed by atoms with Gasteiger partial charge in [0.25, 0.3) is 5.91 Å². The highest BCUT2D eigenvalue weighted by molar-refractivity contribution is 6.06. The van der Waals surface area contributed by atoms with Gasteiger partial charge in [-0.05, 0) is 26.3 Å². The van der Waals surface area contributed by atoms with Crippen LogP contribution in [0.3, 0.4) is 0 Å². The second-order valence-electron chi connectivity index (χ2n) is 5.28. The van der Waals surface area contributed by atoms with E-state index in [0.29, 0.717) is 0 Å². The van der Waals surface area contributed by atoms with E-state index in [-0.39, 0.29) is 24.6 Å². The second kappa shape index (κ2) is 5.01. The zero-order valence-corrected chi connectivity index (χ0v) is 11.4. The molecule has 5 nitrogen and oxygen atoms in total. The zero-order chi connectivity index (χ0) is 14.0. The van der Waals surface area contributed by atoms with E-state index in [9.17, 15) is 9.59 Å². The lowest BCUT2D eigenvalue weighted by Crippen LogP contribution is -2.42. The molecule has 2 rings (SSSR count). The molecule has 2 N–H and O–H groups in total. The minimum absolute atomic E-state index is 0.0745. The lowest BCUT2D eigenvalue weighted by atomic mass is 10.1. The van der Waals surface area contributed by atoms with E-state index in [1.54, 1.807) is 13.8 Å². The SMILES string of the molecule is CC(NCN1C(=O)NC(C)(C)C1=O)c1ccccc1. The van der Waals surface area contributed by atoms with Crippen molar-refractivity contribution >= 4 is 11.9 Å². The van der Waals surface area contributed by atoms with Crippen molar-refractivity contribution < 1.29 is 9.59 Å². The van der Waals surface area contributed by atoms with Crippen molar-refractivity contribution in [2.45, 2.75) is 32.4 Å². The molecule has 1 fully saturated rings. The topological polar surface area (TPSA) is 61.4 Å². The Labute approximate surface area is 113 Å². The van der Waals surface area contributed by atoms with Gasteiger partial charge in [0, 0.05) is 6.04 Å². The fourth-order valence-electron chi connectivity index (χ4n) is 2.05. The minimum atomic E-state index is -0.811. The molecule has 1 atom stereocenters. The fraction of sp³-hybridized carbons (Fsp3) is 0.429. The van der Waals surface area contributed by atoms with Crippen molar-refractivity contribution in [3.05, 3.63) is 35.9 Å². The largest absolute Gasteiger partial charge is 0.326 e. The number of benzene rings is 1. The van der Waals surface area contributed by atoms with Crippen LogP contribution in [0.4, 0.5) is 4.79 Å². The summed E-state index contributed by atoms with van der Waals surface area (Å²) in [7, 11) is 0. The van der Waals surface area contributed by atoms with Gasteiger partial charge < -0.3 is 5.32 Å². The Morgan fingerprint density at radius 2 is 1.89 bits per heavy atom. The van der Waals surface area contributed by atoms with Gasteiger partial charge in [-0.1, -0.05) is 30.3 Å². The first-order chi connectivity index (χ1) is 8.92. The van der Waals surface area contributed by atoms with Gasteiger partial charge in [-0.3, -0.25) is 10.1 Å². The molecule has 19 heavy (non-hydrogen) atoms. The molecule has 0 aromatic heterocycles. The minimum Gasteiger partial charge on any atom is -0.324 e. The summed E-state index contributed by atoms with van der Waals surface area (Å²) in [6.07, 6.45) is 0. The van der Waals surface area contributed by atoms with Gasteiger partial charge in [-0.2, -0.15) is 0 Å².